The van der Waals surface area contributed by atoms with Crippen LogP contribution in [0, 0.1) is 0 Å². The molecule has 106 valence electrons. The van der Waals surface area contributed by atoms with Gasteiger partial charge in [0.15, 0.2) is 0 Å². The molecule has 0 aliphatic carbocycles. The minimum Gasteiger partial charge on any atom is -0.292 e. The normalized spacial score (nSPS) is 23.4. The van der Waals surface area contributed by atoms with Crippen LogP contribution < -0.4 is 0 Å². The Bertz CT molecular complexity index is 615. The third-order valence-corrected chi connectivity index (χ3v) is 4.05. The van der Waals surface area contributed by atoms with Gasteiger partial charge in [0.1, 0.15) is 17.8 Å². The highest BCUT2D eigenvalue weighted by Crippen LogP contribution is 2.37. The number of halogens is 2. The largest absolute Gasteiger partial charge is 0.292 e. The van der Waals surface area contributed by atoms with Crippen LogP contribution in [-0.4, -0.2) is 32.8 Å². The minimum atomic E-state index is -1.33. The second-order valence-electron chi connectivity index (χ2n) is 5.24. The summed E-state index contributed by atoms with van der Waals surface area (Å²) in [5.74, 6) is 0.848. The lowest BCUT2D eigenvalue weighted by Crippen LogP contribution is -2.27. The Morgan fingerprint density at radius 3 is 3.00 bits per heavy atom. The average molecular weight is 295 g/mol. The first-order chi connectivity index (χ1) is 9.57. The van der Waals surface area contributed by atoms with E-state index in [0.717, 1.165) is 5.82 Å². The number of aryl methyl sites for hydroxylation is 1. The predicted octanol–water partition coefficient (Wildman–Crippen LogP) is 2.54. The van der Waals surface area contributed by atoms with Crippen molar-refractivity contribution in [2.24, 2.45) is 7.05 Å². The molecule has 0 N–H and O–H groups in total. The van der Waals surface area contributed by atoms with E-state index >= 15 is 4.39 Å². The van der Waals surface area contributed by atoms with Crippen LogP contribution in [0.2, 0.25) is 5.02 Å². The van der Waals surface area contributed by atoms with Crippen molar-refractivity contribution < 1.29 is 4.39 Å². The molecule has 1 aromatic heterocycles. The maximum atomic E-state index is 15.1. The molecule has 1 aromatic carbocycles. The van der Waals surface area contributed by atoms with Crippen molar-refractivity contribution in [2.75, 3.05) is 13.1 Å². The molecule has 1 aliphatic rings. The summed E-state index contributed by atoms with van der Waals surface area (Å²) in [6.45, 7) is 1.68. The molecule has 20 heavy (non-hydrogen) atoms. The molecule has 1 unspecified atom stereocenters. The van der Waals surface area contributed by atoms with E-state index in [1.165, 1.54) is 6.33 Å². The number of hydrogen-bond acceptors (Lipinski definition) is 3. The summed E-state index contributed by atoms with van der Waals surface area (Å²) < 4.78 is 16.8. The SMILES string of the molecule is Cn1ncnc1CN1CCC(F)(c2cccc(Cl)c2)C1. The van der Waals surface area contributed by atoms with Gasteiger partial charge in [-0.2, -0.15) is 5.10 Å². The smallest absolute Gasteiger partial charge is 0.149 e. The summed E-state index contributed by atoms with van der Waals surface area (Å²) in [5, 5.41) is 4.61. The Morgan fingerprint density at radius 1 is 1.45 bits per heavy atom. The fourth-order valence-corrected chi connectivity index (χ4v) is 2.84. The monoisotopic (exact) mass is 294 g/mol. The van der Waals surface area contributed by atoms with Crippen molar-refractivity contribution in [1.29, 1.82) is 0 Å². The molecule has 0 amide bonds. The van der Waals surface area contributed by atoms with E-state index in [1.54, 1.807) is 28.9 Å². The highest BCUT2D eigenvalue weighted by molar-refractivity contribution is 6.30. The van der Waals surface area contributed by atoms with Crippen LogP contribution in [0.3, 0.4) is 0 Å². The third-order valence-electron chi connectivity index (χ3n) is 3.81. The maximum absolute atomic E-state index is 15.1. The van der Waals surface area contributed by atoms with Gasteiger partial charge in [0, 0.05) is 25.2 Å². The van der Waals surface area contributed by atoms with E-state index in [1.807, 2.05) is 7.05 Å². The molecule has 4 nitrogen and oxygen atoms in total. The zero-order chi connectivity index (χ0) is 14.2. The highest BCUT2D eigenvalue weighted by Gasteiger charge is 2.40. The Balaban J connectivity index is 1.74. The standard InChI is InChI=1S/C14H16ClFN4/c1-19-13(17-10-18-19)8-20-6-5-14(16,9-20)11-3-2-4-12(15)7-11/h2-4,7,10H,5-6,8-9H2,1H3. The summed E-state index contributed by atoms with van der Waals surface area (Å²) in [4.78, 5) is 6.24. The van der Waals surface area contributed by atoms with Gasteiger partial charge in [0.2, 0.25) is 0 Å². The number of aromatic nitrogens is 3. The van der Waals surface area contributed by atoms with E-state index in [-0.39, 0.29) is 0 Å². The first-order valence-electron chi connectivity index (χ1n) is 6.57. The quantitative estimate of drug-likeness (QED) is 0.872. The second-order valence-corrected chi connectivity index (χ2v) is 5.67. The number of rotatable bonds is 3. The summed E-state index contributed by atoms with van der Waals surface area (Å²) in [6.07, 6.45) is 2.00. The van der Waals surface area contributed by atoms with Crippen LogP contribution in [0.4, 0.5) is 4.39 Å². The fourth-order valence-electron chi connectivity index (χ4n) is 2.65. The van der Waals surface area contributed by atoms with Crippen molar-refractivity contribution in [3.63, 3.8) is 0 Å². The molecule has 0 saturated carbocycles. The number of benzene rings is 1. The van der Waals surface area contributed by atoms with Crippen LogP contribution >= 0.6 is 11.6 Å². The van der Waals surface area contributed by atoms with E-state index < -0.39 is 5.67 Å². The lowest BCUT2D eigenvalue weighted by Gasteiger charge is -2.21. The second kappa shape index (κ2) is 5.14. The van der Waals surface area contributed by atoms with Gasteiger partial charge in [-0.3, -0.25) is 9.58 Å². The molecule has 1 saturated heterocycles. The molecule has 6 heteroatoms. The van der Waals surface area contributed by atoms with Gasteiger partial charge < -0.3 is 0 Å². The van der Waals surface area contributed by atoms with E-state index in [9.17, 15) is 0 Å². The summed E-state index contributed by atoms with van der Waals surface area (Å²) in [5.41, 5.74) is -0.672. The molecule has 1 aliphatic heterocycles. The number of nitrogens with zero attached hydrogens (tertiary/aromatic N) is 4. The summed E-state index contributed by atoms with van der Waals surface area (Å²) in [7, 11) is 1.85. The Hall–Kier alpha value is -1.46. The lowest BCUT2D eigenvalue weighted by atomic mass is 9.95. The van der Waals surface area contributed by atoms with Crippen molar-refractivity contribution >= 4 is 11.6 Å². The van der Waals surface area contributed by atoms with E-state index in [2.05, 4.69) is 15.0 Å². The number of alkyl halides is 1. The third kappa shape index (κ3) is 2.55. The van der Waals surface area contributed by atoms with Crippen LogP contribution in [0.15, 0.2) is 30.6 Å². The fraction of sp³-hybridized carbons (Fsp3) is 0.429. The van der Waals surface area contributed by atoms with Crippen LogP contribution in [0.5, 0.6) is 0 Å². The van der Waals surface area contributed by atoms with Crippen LogP contribution in [-0.2, 0) is 19.3 Å². The van der Waals surface area contributed by atoms with Crippen LogP contribution in [0.25, 0.3) is 0 Å². The summed E-state index contributed by atoms with van der Waals surface area (Å²) in [6, 6.07) is 7.08. The average Bonchev–Trinajstić information content (AvgIpc) is 2.99. The highest BCUT2D eigenvalue weighted by atomic mass is 35.5. The first-order valence-corrected chi connectivity index (χ1v) is 6.95. The van der Waals surface area contributed by atoms with Crippen molar-refractivity contribution in [2.45, 2.75) is 18.6 Å². The molecule has 0 spiro atoms. The zero-order valence-electron chi connectivity index (χ0n) is 11.3. The van der Waals surface area contributed by atoms with Crippen LogP contribution in [0.1, 0.15) is 17.8 Å². The molecule has 3 rings (SSSR count). The Morgan fingerprint density at radius 2 is 2.30 bits per heavy atom. The first kappa shape index (κ1) is 13.5. The Kier molecular flexibility index (Phi) is 3.48. The van der Waals surface area contributed by atoms with Crippen molar-refractivity contribution in [1.82, 2.24) is 19.7 Å². The minimum absolute atomic E-state index is 0.361. The van der Waals surface area contributed by atoms with Gasteiger partial charge in [-0.1, -0.05) is 23.7 Å². The molecule has 1 fully saturated rings. The molecule has 0 bridgehead atoms. The van der Waals surface area contributed by atoms with Crippen molar-refractivity contribution in [3.05, 3.63) is 47.0 Å². The lowest BCUT2D eigenvalue weighted by molar-refractivity contribution is 0.163. The van der Waals surface area contributed by atoms with Crippen molar-refractivity contribution in [3.8, 4) is 0 Å². The molecular formula is C14H16ClFN4. The van der Waals surface area contributed by atoms with E-state index in [4.69, 9.17) is 11.6 Å². The topological polar surface area (TPSA) is 34.0 Å². The van der Waals surface area contributed by atoms with E-state index in [0.29, 0.717) is 36.6 Å². The molecule has 2 heterocycles. The number of likely N-dealkylation sites (tertiary alicyclic amines) is 1. The van der Waals surface area contributed by atoms with Gasteiger partial charge in [-0.15, -0.1) is 0 Å². The van der Waals surface area contributed by atoms with Gasteiger partial charge in [0.25, 0.3) is 0 Å². The van der Waals surface area contributed by atoms with Gasteiger partial charge in [-0.05, 0) is 24.1 Å². The Labute approximate surface area is 122 Å². The maximum Gasteiger partial charge on any atom is 0.149 e. The molecule has 1 atom stereocenters. The summed E-state index contributed by atoms with van der Waals surface area (Å²) >= 11 is 5.96. The van der Waals surface area contributed by atoms with Gasteiger partial charge in [-0.25, -0.2) is 9.37 Å². The number of hydrogen-bond donors (Lipinski definition) is 0. The molecule has 2 aromatic rings. The predicted molar refractivity (Wildman–Crippen MR) is 75.1 cm³/mol. The van der Waals surface area contributed by atoms with Gasteiger partial charge in [0.05, 0.1) is 6.54 Å². The molecule has 0 radical (unpaired) electrons. The zero-order valence-corrected chi connectivity index (χ0v) is 12.0. The van der Waals surface area contributed by atoms with Gasteiger partial charge >= 0.3 is 0 Å². The molecular weight excluding hydrogens is 279 g/mol.